The summed E-state index contributed by atoms with van der Waals surface area (Å²) >= 11 is 0. The molecule has 7 heteroatoms. The van der Waals surface area contributed by atoms with Crippen molar-refractivity contribution in [1.82, 2.24) is 10.6 Å². The van der Waals surface area contributed by atoms with Crippen molar-refractivity contribution in [2.24, 2.45) is 0 Å². The number of ether oxygens (including phenoxy) is 1. The smallest absolute Gasteiger partial charge is 0.310 e. The number of rotatable bonds is 6. The zero-order valence-corrected chi connectivity index (χ0v) is 13.3. The predicted molar refractivity (Wildman–Crippen MR) is 84.9 cm³/mol. The van der Waals surface area contributed by atoms with E-state index in [1.807, 2.05) is 19.1 Å². The zero-order chi connectivity index (χ0) is 16.8. The van der Waals surface area contributed by atoms with Gasteiger partial charge in [0.15, 0.2) is 0 Å². The van der Waals surface area contributed by atoms with Gasteiger partial charge >= 0.3 is 11.8 Å². The van der Waals surface area contributed by atoms with Crippen molar-refractivity contribution in [2.45, 2.75) is 19.4 Å². The molecule has 0 radical (unpaired) electrons. The Labute approximate surface area is 135 Å². The second-order valence-corrected chi connectivity index (χ2v) is 5.15. The summed E-state index contributed by atoms with van der Waals surface area (Å²) in [6, 6.07) is 6.43. The molecule has 0 unspecified atom stereocenters. The van der Waals surface area contributed by atoms with E-state index < -0.39 is 17.9 Å². The van der Waals surface area contributed by atoms with Gasteiger partial charge in [0.05, 0.1) is 0 Å². The van der Waals surface area contributed by atoms with Gasteiger partial charge in [0.25, 0.3) is 5.91 Å². The van der Waals surface area contributed by atoms with Crippen molar-refractivity contribution >= 4 is 23.4 Å². The number of methoxy groups -OCH3 is 1. The average Bonchev–Trinajstić information content (AvgIpc) is 2.83. The van der Waals surface area contributed by atoms with Crippen LogP contribution in [0.2, 0.25) is 0 Å². The van der Waals surface area contributed by atoms with E-state index in [1.165, 1.54) is 0 Å². The first-order valence-electron chi connectivity index (χ1n) is 7.58. The lowest BCUT2D eigenvalue weighted by Gasteiger charge is -2.15. The van der Waals surface area contributed by atoms with E-state index >= 15 is 0 Å². The Morgan fingerprint density at radius 1 is 1.26 bits per heavy atom. The van der Waals surface area contributed by atoms with Crippen LogP contribution in [0.5, 0.6) is 0 Å². The molecule has 0 saturated carbocycles. The van der Waals surface area contributed by atoms with Gasteiger partial charge in [-0.1, -0.05) is 18.2 Å². The van der Waals surface area contributed by atoms with Crippen LogP contribution in [-0.4, -0.2) is 44.5 Å². The first kappa shape index (κ1) is 17.0. The minimum atomic E-state index is -0.816. The molecule has 0 aromatic heterocycles. The van der Waals surface area contributed by atoms with Crippen molar-refractivity contribution in [1.29, 1.82) is 0 Å². The molecule has 3 amide bonds. The number of hydrogen-bond donors (Lipinski definition) is 2. The van der Waals surface area contributed by atoms with Crippen LogP contribution in [0.15, 0.2) is 24.3 Å². The third kappa shape index (κ3) is 3.68. The fourth-order valence-corrected chi connectivity index (χ4v) is 2.55. The maximum Gasteiger partial charge on any atom is 0.310 e. The lowest BCUT2D eigenvalue weighted by molar-refractivity contribution is -0.140. The fourth-order valence-electron chi connectivity index (χ4n) is 2.55. The van der Waals surface area contributed by atoms with Crippen molar-refractivity contribution in [2.75, 3.05) is 31.7 Å². The van der Waals surface area contributed by atoms with Crippen molar-refractivity contribution in [3.63, 3.8) is 0 Å². The number of benzene rings is 1. The molecule has 0 saturated heterocycles. The zero-order valence-electron chi connectivity index (χ0n) is 13.3. The Kier molecular flexibility index (Phi) is 5.70. The topological polar surface area (TPSA) is 87.7 Å². The normalized spacial score (nSPS) is 16.2. The molecule has 1 aromatic rings. The summed E-state index contributed by atoms with van der Waals surface area (Å²) in [5, 5.41) is 5.02. The van der Waals surface area contributed by atoms with Gasteiger partial charge in [-0.25, -0.2) is 0 Å². The fraction of sp³-hybridized carbons (Fsp3) is 0.438. The van der Waals surface area contributed by atoms with Crippen LogP contribution in [0.1, 0.15) is 24.9 Å². The molecular formula is C16H21N3O4. The third-order valence-electron chi connectivity index (χ3n) is 3.66. The highest BCUT2D eigenvalue weighted by atomic mass is 16.5. The minimum Gasteiger partial charge on any atom is -0.385 e. The number of fused-ring (bicyclic) bond motifs is 1. The summed E-state index contributed by atoms with van der Waals surface area (Å²) in [6.45, 7) is 3.21. The van der Waals surface area contributed by atoms with Gasteiger partial charge in [0.2, 0.25) is 0 Å². The lowest BCUT2D eigenvalue weighted by atomic mass is 10.1. The van der Waals surface area contributed by atoms with Gasteiger partial charge in [0.1, 0.15) is 6.04 Å². The molecule has 124 valence electrons. The minimum absolute atomic E-state index is 0.228. The van der Waals surface area contributed by atoms with Crippen molar-refractivity contribution in [3.8, 4) is 0 Å². The Morgan fingerprint density at radius 3 is 2.70 bits per heavy atom. The lowest BCUT2D eigenvalue weighted by Crippen LogP contribution is -2.44. The Hall–Kier alpha value is -2.41. The number of nitrogens with zero attached hydrogens (tertiary/aromatic N) is 1. The highest BCUT2D eigenvalue weighted by Gasteiger charge is 2.37. The van der Waals surface area contributed by atoms with Crippen molar-refractivity contribution in [3.05, 3.63) is 29.8 Å². The molecule has 7 nitrogen and oxygen atoms in total. The molecular weight excluding hydrogens is 298 g/mol. The Balaban J connectivity index is 2.01. The number of hydrogen-bond acceptors (Lipinski definition) is 4. The average molecular weight is 319 g/mol. The van der Waals surface area contributed by atoms with Gasteiger partial charge < -0.3 is 20.3 Å². The number of carbonyl (C=O) groups excluding carboxylic acids is 3. The standard InChI is InChI=1S/C16H21N3O4/c1-3-19-12-8-5-4-7-11(12)13(16(19)22)18-15(21)14(20)17-9-6-10-23-2/h4-5,7-8,13H,3,6,9-10H2,1-2H3,(H,17,20)(H,18,21)/t13-/m1/s1. The van der Waals surface area contributed by atoms with Gasteiger partial charge in [-0.05, 0) is 19.4 Å². The van der Waals surface area contributed by atoms with Gasteiger partial charge in [-0.2, -0.15) is 0 Å². The summed E-state index contributed by atoms with van der Waals surface area (Å²) in [4.78, 5) is 37.8. The number of anilines is 1. The van der Waals surface area contributed by atoms with Crippen LogP contribution >= 0.6 is 0 Å². The Bertz CT molecular complexity index is 603. The van der Waals surface area contributed by atoms with Gasteiger partial charge in [-0.3, -0.25) is 14.4 Å². The maximum absolute atomic E-state index is 12.4. The van der Waals surface area contributed by atoms with Crippen LogP contribution in [0.25, 0.3) is 0 Å². The number of para-hydroxylation sites is 1. The van der Waals surface area contributed by atoms with E-state index in [4.69, 9.17) is 4.74 Å². The quantitative estimate of drug-likeness (QED) is 0.585. The summed E-state index contributed by atoms with van der Waals surface area (Å²) in [5.41, 5.74) is 1.48. The van der Waals surface area contributed by atoms with Crippen LogP contribution in [0.3, 0.4) is 0 Å². The highest BCUT2D eigenvalue weighted by molar-refractivity contribution is 6.35. The highest BCUT2D eigenvalue weighted by Crippen LogP contribution is 2.35. The first-order chi connectivity index (χ1) is 11.1. The second kappa shape index (κ2) is 7.73. The van der Waals surface area contributed by atoms with E-state index in [9.17, 15) is 14.4 Å². The Morgan fingerprint density at radius 2 is 2.00 bits per heavy atom. The van der Waals surface area contributed by atoms with E-state index in [0.29, 0.717) is 31.7 Å². The molecule has 1 aromatic carbocycles. The van der Waals surface area contributed by atoms with Crippen LogP contribution in [0.4, 0.5) is 5.69 Å². The molecule has 0 fully saturated rings. The largest absolute Gasteiger partial charge is 0.385 e. The van der Waals surface area contributed by atoms with Crippen LogP contribution in [0, 0.1) is 0 Å². The second-order valence-electron chi connectivity index (χ2n) is 5.15. The summed E-state index contributed by atoms with van der Waals surface area (Å²) < 4.78 is 4.87. The van der Waals surface area contributed by atoms with Gasteiger partial charge in [0, 0.05) is 38.1 Å². The predicted octanol–water partition coefficient (Wildman–Crippen LogP) is 0.363. The monoisotopic (exact) mass is 319 g/mol. The molecule has 2 rings (SSSR count). The molecule has 1 heterocycles. The SMILES string of the molecule is CCN1C(=O)[C@H](NC(=O)C(=O)NCCCOC)c2ccccc21. The van der Waals surface area contributed by atoms with E-state index in [2.05, 4.69) is 10.6 Å². The molecule has 0 spiro atoms. The molecule has 1 aliphatic rings. The van der Waals surface area contributed by atoms with Crippen molar-refractivity contribution < 1.29 is 19.1 Å². The molecule has 0 bridgehead atoms. The van der Waals surface area contributed by atoms with E-state index in [0.717, 1.165) is 5.69 Å². The maximum atomic E-state index is 12.4. The molecule has 0 aliphatic carbocycles. The van der Waals surface area contributed by atoms with E-state index in [-0.39, 0.29) is 5.91 Å². The molecule has 1 aliphatic heterocycles. The first-order valence-corrected chi connectivity index (χ1v) is 7.58. The summed E-state index contributed by atoms with van der Waals surface area (Å²) in [7, 11) is 1.57. The van der Waals surface area contributed by atoms with Gasteiger partial charge in [-0.15, -0.1) is 0 Å². The van der Waals surface area contributed by atoms with Crippen LogP contribution < -0.4 is 15.5 Å². The number of likely N-dealkylation sites (N-methyl/N-ethyl adjacent to an activating group) is 1. The molecule has 2 N–H and O–H groups in total. The third-order valence-corrected chi connectivity index (χ3v) is 3.66. The molecule has 1 atom stereocenters. The molecule has 23 heavy (non-hydrogen) atoms. The number of carbonyl (C=O) groups is 3. The van der Waals surface area contributed by atoms with E-state index in [1.54, 1.807) is 24.1 Å². The van der Waals surface area contributed by atoms with Crippen LogP contribution in [-0.2, 0) is 19.1 Å². The summed E-state index contributed by atoms with van der Waals surface area (Å²) in [5.74, 6) is -1.79. The summed E-state index contributed by atoms with van der Waals surface area (Å²) in [6.07, 6.45) is 0.615. The number of nitrogens with one attached hydrogen (secondary N) is 2. The number of amides is 3.